The third-order valence-electron chi connectivity index (χ3n) is 7.76. The molecule has 2 aromatic carbocycles. The molecular formula is C31H37N5O4S. The monoisotopic (exact) mass is 575 g/mol. The molecule has 0 radical (unpaired) electrons. The van der Waals surface area contributed by atoms with Crippen LogP contribution in [-0.2, 0) is 20.9 Å². The Morgan fingerprint density at radius 2 is 1.83 bits per heavy atom. The fourth-order valence-electron chi connectivity index (χ4n) is 5.45. The highest BCUT2D eigenvalue weighted by Crippen LogP contribution is 2.37. The summed E-state index contributed by atoms with van der Waals surface area (Å²) in [5, 5.41) is 6.39. The molecule has 41 heavy (non-hydrogen) atoms. The number of aliphatic imine (C=N–C) groups is 2. The smallest absolute Gasteiger partial charge is 0.270 e. The third kappa shape index (κ3) is 6.81. The Kier molecular flexibility index (Phi) is 9.38. The van der Waals surface area contributed by atoms with Crippen LogP contribution >= 0.6 is 11.8 Å². The highest BCUT2D eigenvalue weighted by Gasteiger charge is 2.42. The highest BCUT2D eigenvalue weighted by atomic mass is 32.2. The van der Waals surface area contributed by atoms with Crippen molar-refractivity contribution in [1.29, 1.82) is 0 Å². The number of ether oxygens (including phenoxy) is 1. The molecule has 2 atom stereocenters. The largest absolute Gasteiger partial charge is 0.497 e. The normalized spacial score (nSPS) is 19.0. The summed E-state index contributed by atoms with van der Waals surface area (Å²) in [5.74, 6) is 0.848. The van der Waals surface area contributed by atoms with Gasteiger partial charge in [0.05, 0.1) is 18.0 Å². The van der Waals surface area contributed by atoms with Gasteiger partial charge in [0.25, 0.3) is 5.91 Å². The second-order valence-electron chi connectivity index (χ2n) is 10.6. The molecule has 1 saturated carbocycles. The molecule has 2 aromatic rings. The molecule has 1 fully saturated rings. The molecule has 2 N–H and O–H groups in total. The molecule has 0 aromatic heterocycles. The lowest BCUT2D eigenvalue weighted by molar-refractivity contribution is -0.123. The van der Waals surface area contributed by atoms with Crippen LogP contribution in [0.1, 0.15) is 69.4 Å². The number of rotatable bonds is 10. The van der Waals surface area contributed by atoms with Crippen molar-refractivity contribution in [3.05, 3.63) is 59.7 Å². The van der Waals surface area contributed by atoms with Crippen molar-refractivity contribution in [2.45, 2.75) is 82.2 Å². The first kappa shape index (κ1) is 28.9. The Balaban J connectivity index is 1.28. The van der Waals surface area contributed by atoms with E-state index in [0.717, 1.165) is 48.2 Å². The van der Waals surface area contributed by atoms with Crippen LogP contribution < -0.4 is 15.4 Å². The van der Waals surface area contributed by atoms with E-state index in [1.54, 1.807) is 7.11 Å². The zero-order valence-corrected chi connectivity index (χ0v) is 24.4. The Morgan fingerprint density at radius 3 is 2.56 bits per heavy atom. The van der Waals surface area contributed by atoms with Gasteiger partial charge in [-0.1, -0.05) is 62.2 Å². The van der Waals surface area contributed by atoms with E-state index in [1.165, 1.54) is 18.2 Å². The maximum absolute atomic E-state index is 13.3. The maximum atomic E-state index is 13.3. The van der Waals surface area contributed by atoms with Crippen LogP contribution in [0, 0.1) is 0 Å². The number of nitrogens with one attached hydrogen (secondary N) is 2. The quantitative estimate of drug-likeness (QED) is 0.424. The first-order chi connectivity index (χ1) is 20.0. The highest BCUT2D eigenvalue weighted by molar-refractivity contribution is 8.15. The number of amides is 3. The van der Waals surface area contributed by atoms with Gasteiger partial charge in [-0.2, -0.15) is 4.99 Å². The number of para-hydroxylation sites is 1. The number of thioether (sulfide) groups is 1. The second-order valence-corrected chi connectivity index (χ2v) is 11.8. The number of carbonyl (C=O) groups excluding carboxylic acids is 3. The number of hydrogen-bond acceptors (Lipinski definition) is 7. The molecule has 9 nitrogen and oxygen atoms in total. The Hall–Kier alpha value is -3.66. The number of methoxy groups -OCH3 is 1. The van der Waals surface area contributed by atoms with E-state index >= 15 is 0 Å². The van der Waals surface area contributed by atoms with Crippen molar-refractivity contribution < 1.29 is 19.1 Å². The molecule has 10 heteroatoms. The Morgan fingerprint density at radius 1 is 1.07 bits per heavy atom. The van der Waals surface area contributed by atoms with Gasteiger partial charge in [-0.05, 0) is 55.5 Å². The lowest BCUT2D eigenvalue weighted by atomic mass is 9.95. The predicted molar refractivity (Wildman–Crippen MR) is 161 cm³/mol. The lowest BCUT2D eigenvalue weighted by Crippen LogP contribution is -2.46. The van der Waals surface area contributed by atoms with Gasteiger partial charge in [0, 0.05) is 24.6 Å². The van der Waals surface area contributed by atoms with E-state index in [-0.39, 0.29) is 41.9 Å². The molecule has 2 aliphatic heterocycles. The Labute approximate surface area is 245 Å². The van der Waals surface area contributed by atoms with Gasteiger partial charge >= 0.3 is 0 Å². The zero-order chi connectivity index (χ0) is 28.8. The molecule has 0 bridgehead atoms. The van der Waals surface area contributed by atoms with E-state index in [1.807, 2.05) is 60.4 Å². The fraction of sp³-hybridized carbons (Fsp3) is 0.452. The summed E-state index contributed by atoms with van der Waals surface area (Å²) in [6, 6.07) is 14.6. The minimum atomic E-state index is -0.657. The number of nitrogens with zero attached hydrogens (tertiary/aromatic N) is 3. The minimum absolute atomic E-state index is 0.00410. The van der Waals surface area contributed by atoms with E-state index in [0.29, 0.717) is 24.0 Å². The maximum Gasteiger partial charge on any atom is 0.270 e. The molecule has 2 unspecified atom stereocenters. The molecular weight excluding hydrogens is 538 g/mol. The van der Waals surface area contributed by atoms with Crippen molar-refractivity contribution in [3.8, 4) is 5.75 Å². The summed E-state index contributed by atoms with van der Waals surface area (Å²) in [4.78, 5) is 50.3. The topological polar surface area (TPSA) is 112 Å². The number of fused-ring (bicyclic) bond motifs is 3. The number of carbonyl (C=O) groups is 3. The van der Waals surface area contributed by atoms with Crippen LogP contribution in [0.15, 0.2) is 58.5 Å². The van der Waals surface area contributed by atoms with Gasteiger partial charge < -0.3 is 15.4 Å². The van der Waals surface area contributed by atoms with Crippen molar-refractivity contribution in [1.82, 2.24) is 15.5 Å². The van der Waals surface area contributed by atoms with E-state index < -0.39 is 6.04 Å². The third-order valence-corrected chi connectivity index (χ3v) is 9.09. The van der Waals surface area contributed by atoms with Gasteiger partial charge in [-0.3, -0.25) is 19.3 Å². The van der Waals surface area contributed by atoms with E-state index in [2.05, 4.69) is 15.6 Å². The predicted octanol–water partition coefficient (Wildman–Crippen LogP) is 4.71. The average molecular weight is 576 g/mol. The molecule has 0 saturated heterocycles. The van der Waals surface area contributed by atoms with Gasteiger partial charge in [0.15, 0.2) is 5.17 Å². The molecule has 5 rings (SSSR count). The molecule has 3 aliphatic rings. The van der Waals surface area contributed by atoms with Crippen LogP contribution in [0.25, 0.3) is 0 Å². The van der Waals surface area contributed by atoms with Crippen molar-refractivity contribution in [3.63, 3.8) is 0 Å². The molecule has 3 amide bonds. The number of hydrogen-bond donors (Lipinski definition) is 2. The lowest BCUT2D eigenvalue weighted by Gasteiger charge is -2.32. The number of benzene rings is 2. The number of amidine groups is 2. The van der Waals surface area contributed by atoms with Gasteiger partial charge in [0.2, 0.25) is 11.8 Å². The van der Waals surface area contributed by atoms with Crippen LogP contribution in [0.3, 0.4) is 0 Å². The van der Waals surface area contributed by atoms with E-state index in [9.17, 15) is 14.4 Å². The standard InChI is InChI=1S/C31H37N5O4S/c1-3-26(30(39)33-21-9-5-4-6-10-21)41-31-34-24-12-8-7-11-23(24)28-35-29(38)25(36(28)31)17-18-27(37)32-19-20-13-15-22(40-2)16-14-20/h7-8,11-16,21,25-26H,3-6,9-10,17-19H2,1-2H3,(H,32,37)(H,33,39). The summed E-state index contributed by atoms with van der Waals surface area (Å²) < 4.78 is 5.18. The first-order valence-corrected chi connectivity index (χ1v) is 15.3. The molecule has 216 valence electrons. The summed E-state index contributed by atoms with van der Waals surface area (Å²) >= 11 is 1.37. The SMILES string of the molecule is CCC(SC1=Nc2ccccc2C2=NC(=O)C(CCC(=O)NCc3ccc(OC)cc3)N12)C(=O)NC1CCCCC1. The van der Waals surface area contributed by atoms with Crippen molar-refractivity contribution in [2.24, 2.45) is 9.98 Å². The van der Waals surface area contributed by atoms with Gasteiger partial charge in [0.1, 0.15) is 17.6 Å². The average Bonchev–Trinajstić information content (AvgIpc) is 3.34. The zero-order valence-electron chi connectivity index (χ0n) is 23.6. The minimum Gasteiger partial charge on any atom is -0.497 e. The summed E-state index contributed by atoms with van der Waals surface area (Å²) in [7, 11) is 1.61. The van der Waals surface area contributed by atoms with Crippen LogP contribution in [-0.4, -0.2) is 58.1 Å². The fourth-order valence-corrected chi connectivity index (χ4v) is 6.52. The molecule has 0 spiro atoms. The van der Waals surface area contributed by atoms with Crippen LogP contribution in [0.4, 0.5) is 5.69 Å². The van der Waals surface area contributed by atoms with Crippen LogP contribution in [0.2, 0.25) is 0 Å². The van der Waals surface area contributed by atoms with Crippen molar-refractivity contribution in [2.75, 3.05) is 7.11 Å². The van der Waals surface area contributed by atoms with Gasteiger partial charge in [-0.25, -0.2) is 4.99 Å². The summed E-state index contributed by atoms with van der Waals surface area (Å²) in [6.45, 7) is 2.38. The van der Waals surface area contributed by atoms with Crippen molar-refractivity contribution >= 4 is 46.2 Å². The van der Waals surface area contributed by atoms with E-state index in [4.69, 9.17) is 9.73 Å². The summed E-state index contributed by atoms with van der Waals surface area (Å²) in [5.41, 5.74) is 2.45. The summed E-state index contributed by atoms with van der Waals surface area (Å²) in [6.07, 6.45) is 6.60. The molecule has 2 heterocycles. The Bertz CT molecular complexity index is 1340. The first-order valence-electron chi connectivity index (χ1n) is 14.4. The molecule has 1 aliphatic carbocycles. The second kappa shape index (κ2) is 13.3. The van der Waals surface area contributed by atoms with Crippen LogP contribution in [0.5, 0.6) is 5.75 Å². The van der Waals surface area contributed by atoms with Gasteiger partial charge in [-0.15, -0.1) is 0 Å².